The summed E-state index contributed by atoms with van der Waals surface area (Å²) in [4.78, 5) is 0. The lowest BCUT2D eigenvalue weighted by atomic mass is 10.1. The van der Waals surface area contributed by atoms with Crippen LogP contribution in [0.4, 0.5) is 0 Å². The maximum atomic E-state index is 2.61. The molecule has 2 bridgehead atoms. The molecule has 0 saturated heterocycles. The van der Waals surface area contributed by atoms with Crippen molar-refractivity contribution in [2.24, 2.45) is 11.8 Å². The second-order valence-corrected chi connectivity index (χ2v) is 10.2. The molecule has 2 rings (SSSR count). The predicted octanol–water partition coefficient (Wildman–Crippen LogP) is 3.22. The van der Waals surface area contributed by atoms with Crippen LogP contribution in [-0.4, -0.2) is 8.07 Å². The summed E-state index contributed by atoms with van der Waals surface area (Å²) in [5, 5.41) is 1.88. The van der Waals surface area contributed by atoms with E-state index in [0.717, 1.165) is 11.8 Å². The molecule has 0 aromatic carbocycles. The van der Waals surface area contributed by atoms with Gasteiger partial charge in [-0.05, 0) is 31.1 Å². The standard InChI is InChI=1S/C10H18Si/c1-11(2,3)10-7-8-4-5-9(10)6-8/h7-9H,4-6H2,1-3H3/t8-,9+/m1/s1. The number of fused-ring (bicyclic) bond motifs is 2. The highest BCUT2D eigenvalue weighted by molar-refractivity contribution is 6.83. The van der Waals surface area contributed by atoms with Crippen LogP contribution in [0, 0.1) is 11.8 Å². The summed E-state index contributed by atoms with van der Waals surface area (Å²) >= 11 is 0. The van der Waals surface area contributed by atoms with Gasteiger partial charge in [-0.2, -0.15) is 0 Å². The van der Waals surface area contributed by atoms with Gasteiger partial charge in [0.2, 0.25) is 0 Å². The van der Waals surface area contributed by atoms with E-state index >= 15 is 0 Å². The van der Waals surface area contributed by atoms with Gasteiger partial charge in [0.15, 0.2) is 0 Å². The SMILES string of the molecule is C[Si](C)(C)C1=C[C@@H]2CC[C@H]1C2. The van der Waals surface area contributed by atoms with Gasteiger partial charge in [-0.25, -0.2) is 0 Å². The Bertz CT molecular complexity index is 197. The molecule has 62 valence electrons. The van der Waals surface area contributed by atoms with Crippen molar-refractivity contribution in [2.45, 2.75) is 38.9 Å². The molecule has 0 amide bonds. The Hall–Kier alpha value is -0.0431. The Morgan fingerprint density at radius 1 is 1.27 bits per heavy atom. The van der Waals surface area contributed by atoms with Gasteiger partial charge in [0, 0.05) is 0 Å². The Morgan fingerprint density at radius 3 is 2.27 bits per heavy atom. The minimum absolute atomic E-state index is 0.917. The molecule has 0 aromatic heterocycles. The average Bonchev–Trinajstić information content (AvgIpc) is 2.42. The first-order valence-corrected chi connectivity index (χ1v) is 8.29. The smallest absolute Gasteiger partial charge is 0.0724 e. The molecule has 0 aliphatic heterocycles. The molecule has 0 nitrogen and oxygen atoms in total. The third-order valence-electron chi connectivity index (χ3n) is 3.19. The summed E-state index contributed by atoms with van der Waals surface area (Å²) in [7, 11) is -0.917. The van der Waals surface area contributed by atoms with Crippen molar-refractivity contribution in [3.63, 3.8) is 0 Å². The molecule has 0 aromatic rings. The molecule has 2 aliphatic rings. The van der Waals surface area contributed by atoms with Crippen molar-refractivity contribution in [2.75, 3.05) is 0 Å². The number of allylic oxidation sites excluding steroid dienone is 2. The van der Waals surface area contributed by atoms with Crippen LogP contribution in [0.2, 0.25) is 19.6 Å². The fourth-order valence-electron chi connectivity index (χ4n) is 2.70. The summed E-state index contributed by atoms with van der Waals surface area (Å²) in [6.07, 6.45) is 7.10. The topological polar surface area (TPSA) is 0 Å². The highest BCUT2D eigenvalue weighted by atomic mass is 28.3. The van der Waals surface area contributed by atoms with Crippen LogP contribution in [0.25, 0.3) is 0 Å². The van der Waals surface area contributed by atoms with Gasteiger partial charge in [-0.15, -0.1) is 0 Å². The molecule has 1 saturated carbocycles. The first kappa shape index (κ1) is 7.60. The Kier molecular flexibility index (Phi) is 1.54. The van der Waals surface area contributed by atoms with Crippen molar-refractivity contribution in [1.82, 2.24) is 0 Å². The van der Waals surface area contributed by atoms with Gasteiger partial charge in [0.05, 0.1) is 8.07 Å². The maximum Gasteiger partial charge on any atom is 0.0724 e. The van der Waals surface area contributed by atoms with E-state index in [0.29, 0.717) is 0 Å². The number of rotatable bonds is 1. The van der Waals surface area contributed by atoms with E-state index in [1.54, 1.807) is 0 Å². The van der Waals surface area contributed by atoms with Crippen LogP contribution in [0.5, 0.6) is 0 Å². The van der Waals surface area contributed by atoms with Gasteiger partial charge in [0.25, 0.3) is 0 Å². The van der Waals surface area contributed by atoms with Crippen molar-refractivity contribution >= 4 is 8.07 Å². The zero-order valence-electron chi connectivity index (χ0n) is 7.85. The number of hydrogen-bond acceptors (Lipinski definition) is 0. The van der Waals surface area contributed by atoms with Crippen molar-refractivity contribution in [1.29, 1.82) is 0 Å². The average molecular weight is 166 g/mol. The molecular weight excluding hydrogens is 148 g/mol. The molecule has 1 fully saturated rings. The third kappa shape index (κ3) is 1.20. The lowest BCUT2D eigenvalue weighted by Crippen LogP contribution is -2.27. The lowest BCUT2D eigenvalue weighted by Gasteiger charge is -2.25. The maximum absolute atomic E-state index is 2.61. The zero-order valence-corrected chi connectivity index (χ0v) is 8.85. The van der Waals surface area contributed by atoms with Gasteiger partial charge >= 0.3 is 0 Å². The Balaban J connectivity index is 2.23. The van der Waals surface area contributed by atoms with Crippen LogP contribution in [0.1, 0.15) is 19.3 Å². The van der Waals surface area contributed by atoms with Crippen molar-refractivity contribution < 1.29 is 0 Å². The molecule has 0 radical (unpaired) electrons. The van der Waals surface area contributed by atoms with Crippen LogP contribution in [0.3, 0.4) is 0 Å². The van der Waals surface area contributed by atoms with Gasteiger partial charge < -0.3 is 0 Å². The van der Waals surface area contributed by atoms with E-state index in [9.17, 15) is 0 Å². The molecule has 0 unspecified atom stereocenters. The highest BCUT2D eigenvalue weighted by Crippen LogP contribution is 2.46. The van der Waals surface area contributed by atoms with Gasteiger partial charge in [0.1, 0.15) is 0 Å². The summed E-state index contributed by atoms with van der Waals surface area (Å²) < 4.78 is 0. The third-order valence-corrected chi connectivity index (χ3v) is 5.50. The first-order chi connectivity index (χ1) is 5.07. The summed E-state index contributed by atoms with van der Waals surface area (Å²) in [5.74, 6) is 2.01. The second-order valence-electron chi connectivity index (χ2n) is 5.14. The lowest BCUT2D eigenvalue weighted by molar-refractivity contribution is 0.679. The normalized spacial score (nSPS) is 36.1. The highest BCUT2D eigenvalue weighted by Gasteiger charge is 2.37. The van der Waals surface area contributed by atoms with Crippen molar-refractivity contribution in [3.8, 4) is 0 Å². The number of hydrogen-bond donors (Lipinski definition) is 0. The van der Waals surface area contributed by atoms with E-state index in [4.69, 9.17) is 0 Å². The molecule has 0 N–H and O–H groups in total. The summed E-state index contributed by atoms with van der Waals surface area (Å²) in [6.45, 7) is 7.46. The second kappa shape index (κ2) is 2.22. The Morgan fingerprint density at radius 2 is 2.00 bits per heavy atom. The van der Waals surface area contributed by atoms with E-state index < -0.39 is 8.07 Å². The Labute approximate surface area is 70.7 Å². The largest absolute Gasteiger partial charge is 0.0858 e. The van der Waals surface area contributed by atoms with E-state index in [2.05, 4.69) is 25.7 Å². The molecule has 2 atom stereocenters. The van der Waals surface area contributed by atoms with Crippen molar-refractivity contribution in [3.05, 3.63) is 11.3 Å². The molecule has 0 spiro atoms. The predicted molar refractivity (Wildman–Crippen MR) is 52.3 cm³/mol. The van der Waals surface area contributed by atoms with Gasteiger partial charge in [-0.3, -0.25) is 0 Å². The molecule has 11 heavy (non-hydrogen) atoms. The molecule has 1 heteroatoms. The van der Waals surface area contributed by atoms with Gasteiger partial charge in [-0.1, -0.05) is 30.9 Å². The minimum Gasteiger partial charge on any atom is -0.0858 e. The summed E-state index contributed by atoms with van der Waals surface area (Å²) in [5.41, 5.74) is 0. The molecular formula is C10H18Si. The van der Waals surface area contributed by atoms with E-state index in [1.807, 2.05) is 5.20 Å². The van der Waals surface area contributed by atoms with Crippen LogP contribution < -0.4 is 0 Å². The fourth-order valence-corrected chi connectivity index (χ4v) is 4.93. The van der Waals surface area contributed by atoms with E-state index in [-0.39, 0.29) is 0 Å². The first-order valence-electron chi connectivity index (χ1n) is 4.79. The minimum atomic E-state index is -0.917. The van der Waals surface area contributed by atoms with Crippen LogP contribution in [0.15, 0.2) is 11.3 Å². The fraction of sp³-hybridized carbons (Fsp3) is 0.800. The molecule has 0 heterocycles. The molecule has 2 aliphatic carbocycles. The monoisotopic (exact) mass is 166 g/mol. The zero-order chi connectivity index (χ0) is 8.06. The van der Waals surface area contributed by atoms with E-state index in [1.165, 1.54) is 19.3 Å². The van der Waals surface area contributed by atoms with Crippen LogP contribution >= 0.6 is 0 Å². The quantitative estimate of drug-likeness (QED) is 0.525. The van der Waals surface area contributed by atoms with Crippen LogP contribution in [-0.2, 0) is 0 Å². The summed E-state index contributed by atoms with van der Waals surface area (Å²) in [6, 6.07) is 0.